The van der Waals surface area contributed by atoms with Gasteiger partial charge in [-0.3, -0.25) is 10.1 Å². The van der Waals surface area contributed by atoms with Gasteiger partial charge < -0.3 is 9.15 Å². The van der Waals surface area contributed by atoms with Crippen molar-refractivity contribution >= 4 is 38.4 Å². The Morgan fingerprint density at radius 3 is 2.59 bits per heavy atom. The molecule has 1 aromatic carbocycles. The molecule has 2 heterocycles. The van der Waals surface area contributed by atoms with Crippen LogP contribution in [0.25, 0.3) is 0 Å². The molecule has 2 N–H and O–H groups in total. The highest BCUT2D eigenvalue weighted by atomic mass is 32.2. The van der Waals surface area contributed by atoms with E-state index < -0.39 is 28.5 Å². The average Bonchev–Trinajstić information content (AvgIpc) is 3.36. The number of sulfonamides is 1. The van der Waals surface area contributed by atoms with E-state index >= 15 is 0 Å². The first-order chi connectivity index (χ1) is 13.8. The lowest BCUT2D eigenvalue weighted by Gasteiger charge is -2.07. The Hall–Kier alpha value is -3.02. The smallest absolute Gasteiger partial charge is 0.338 e. The second kappa shape index (κ2) is 8.99. The molecule has 3 aromatic rings. The molecule has 29 heavy (non-hydrogen) atoms. The monoisotopic (exact) mass is 435 g/mol. The van der Waals surface area contributed by atoms with Crippen LogP contribution in [0.4, 0.5) is 5.13 Å². The van der Waals surface area contributed by atoms with Crippen LogP contribution in [0.3, 0.4) is 0 Å². The van der Waals surface area contributed by atoms with E-state index in [0.717, 1.165) is 5.69 Å². The Balaban J connectivity index is 1.53. The van der Waals surface area contributed by atoms with Crippen LogP contribution in [0.5, 0.6) is 0 Å². The Labute approximate surface area is 170 Å². The number of aromatic nitrogens is 1. The molecule has 9 nitrogen and oxygen atoms in total. The maximum absolute atomic E-state index is 12.3. The summed E-state index contributed by atoms with van der Waals surface area (Å²) < 4.78 is 37.0. The van der Waals surface area contributed by atoms with E-state index in [2.05, 4.69) is 15.0 Å². The molecule has 0 bridgehead atoms. The van der Waals surface area contributed by atoms with Gasteiger partial charge in [0.2, 0.25) is 10.0 Å². The normalized spacial score (nSPS) is 11.2. The number of rotatable bonds is 8. The number of benzene rings is 1. The van der Waals surface area contributed by atoms with E-state index in [-0.39, 0.29) is 17.0 Å². The van der Waals surface area contributed by atoms with Crippen LogP contribution in [0, 0.1) is 6.92 Å². The minimum Gasteiger partial charge on any atom is -0.468 e. The highest BCUT2D eigenvalue weighted by molar-refractivity contribution is 7.89. The number of anilines is 1. The fraction of sp³-hybridized carbons (Fsp3) is 0.167. The van der Waals surface area contributed by atoms with Crippen LogP contribution in [0.1, 0.15) is 21.8 Å². The van der Waals surface area contributed by atoms with Gasteiger partial charge in [0.1, 0.15) is 5.76 Å². The average molecular weight is 435 g/mol. The molecule has 0 unspecified atom stereocenters. The SMILES string of the molecule is Cc1csc(NC(=O)COC(=O)c2ccc(S(=O)(=O)NCc3ccco3)cc2)n1. The third-order valence-corrected chi connectivity index (χ3v) is 5.91. The molecule has 1 amide bonds. The molecule has 2 aromatic heterocycles. The summed E-state index contributed by atoms with van der Waals surface area (Å²) in [6.07, 6.45) is 1.45. The molecular formula is C18H17N3O6S2. The van der Waals surface area contributed by atoms with Crippen molar-refractivity contribution in [1.82, 2.24) is 9.71 Å². The first-order valence-electron chi connectivity index (χ1n) is 8.35. The molecule has 152 valence electrons. The van der Waals surface area contributed by atoms with E-state index in [4.69, 9.17) is 9.15 Å². The molecule has 0 radical (unpaired) electrons. The molecule has 0 fully saturated rings. The first-order valence-corrected chi connectivity index (χ1v) is 10.7. The van der Waals surface area contributed by atoms with Gasteiger partial charge in [-0.25, -0.2) is 22.9 Å². The summed E-state index contributed by atoms with van der Waals surface area (Å²) in [5, 5.41) is 4.72. The molecule has 0 atom stereocenters. The standard InChI is InChI=1S/C18H17N3O6S2/c1-12-11-28-18(20-12)21-16(22)10-27-17(23)13-4-6-15(7-5-13)29(24,25)19-9-14-3-2-8-26-14/h2-8,11,19H,9-10H2,1H3,(H,20,21,22). The number of furan rings is 1. The zero-order valence-electron chi connectivity index (χ0n) is 15.2. The lowest BCUT2D eigenvalue weighted by atomic mass is 10.2. The van der Waals surface area contributed by atoms with Crippen molar-refractivity contribution in [3.05, 3.63) is 65.1 Å². The maximum Gasteiger partial charge on any atom is 0.338 e. The van der Waals surface area contributed by atoms with Crippen molar-refractivity contribution in [2.24, 2.45) is 0 Å². The second-order valence-corrected chi connectivity index (χ2v) is 8.47. The summed E-state index contributed by atoms with van der Waals surface area (Å²) in [5.41, 5.74) is 0.892. The largest absolute Gasteiger partial charge is 0.468 e. The van der Waals surface area contributed by atoms with Gasteiger partial charge in [0.15, 0.2) is 11.7 Å². The Morgan fingerprint density at radius 1 is 1.21 bits per heavy atom. The zero-order valence-corrected chi connectivity index (χ0v) is 16.9. The van der Waals surface area contributed by atoms with E-state index in [9.17, 15) is 18.0 Å². The predicted octanol–water partition coefficient (Wildman–Crippen LogP) is 2.32. The fourth-order valence-electron chi connectivity index (χ4n) is 2.21. The minimum absolute atomic E-state index is 0.00681. The van der Waals surface area contributed by atoms with E-state index in [1.54, 1.807) is 24.4 Å². The number of nitrogens with zero attached hydrogens (tertiary/aromatic N) is 1. The molecule has 0 saturated carbocycles. The number of esters is 1. The van der Waals surface area contributed by atoms with Crippen molar-refractivity contribution < 1.29 is 27.2 Å². The van der Waals surface area contributed by atoms with E-state index in [1.807, 2.05) is 0 Å². The molecule has 0 aliphatic rings. The Kier molecular flexibility index (Phi) is 6.42. The van der Waals surface area contributed by atoms with Crippen LogP contribution in [-0.4, -0.2) is 31.9 Å². The van der Waals surface area contributed by atoms with Gasteiger partial charge in [0.25, 0.3) is 5.91 Å². The zero-order chi connectivity index (χ0) is 20.9. The van der Waals surface area contributed by atoms with Gasteiger partial charge in [-0.15, -0.1) is 11.3 Å². The maximum atomic E-state index is 12.3. The summed E-state index contributed by atoms with van der Waals surface area (Å²) in [7, 11) is -3.77. The van der Waals surface area contributed by atoms with E-state index in [0.29, 0.717) is 10.9 Å². The summed E-state index contributed by atoms with van der Waals surface area (Å²) in [6, 6.07) is 8.48. The highest BCUT2D eigenvalue weighted by Gasteiger charge is 2.16. The molecule has 0 spiro atoms. The van der Waals surface area contributed by atoms with Gasteiger partial charge in [-0.2, -0.15) is 0 Å². The lowest BCUT2D eigenvalue weighted by molar-refractivity contribution is -0.119. The van der Waals surface area contributed by atoms with Crippen LogP contribution in [0.2, 0.25) is 0 Å². The quantitative estimate of drug-likeness (QED) is 0.520. The molecule has 0 aliphatic carbocycles. The lowest BCUT2D eigenvalue weighted by Crippen LogP contribution is -2.23. The summed E-state index contributed by atoms with van der Waals surface area (Å²) in [6.45, 7) is 1.32. The van der Waals surface area contributed by atoms with Gasteiger partial charge in [-0.1, -0.05) is 0 Å². The van der Waals surface area contributed by atoms with Crippen molar-refractivity contribution in [1.29, 1.82) is 0 Å². The van der Waals surface area contributed by atoms with Crippen LogP contribution >= 0.6 is 11.3 Å². The van der Waals surface area contributed by atoms with Gasteiger partial charge in [-0.05, 0) is 43.3 Å². The summed E-state index contributed by atoms with van der Waals surface area (Å²) in [4.78, 5) is 27.9. The molecule has 3 rings (SSSR count). The highest BCUT2D eigenvalue weighted by Crippen LogP contribution is 2.15. The van der Waals surface area contributed by atoms with Gasteiger partial charge in [0.05, 0.1) is 29.0 Å². The molecule has 0 saturated heterocycles. The third-order valence-electron chi connectivity index (χ3n) is 3.62. The van der Waals surface area contributed by atoms with Gasteiger partial charge in [0, 0.05) is 5.38 Å². The minimum atomic E-state index is -3.77. The number of thiazole rings is 1. The number of aryl methyl sites for hydroxylation is 1. The van der Waals surface area contributed by atoms with Crippen molar-refractivity contribution in [3.8, 4) is 0 Å². The number of ether oxygens (including phenoxy) is 1. The Morgan fingerprint density at radius 2 is 1.97 bits per heavy atom. The van der Waals surface area contributed by atoms with Crippen LogP contribution in [0.15, 0.2) is 57.4 Å². The fourth-order valence-corrected chi connectivity index (χ4v) is 3.91. The van der Waals surface area contributed by atoms with Crippen LogP contribution < -0.4 is 10.0 Å². The number of hydrogen-bond acceptors (Lipinski definition) is 8. The predicted molar refractivity (Wildman–Crippen MR) is 105 cm³/mol. The topological polar surface area (TPSA) is 128 Å². The molecule has 11 heteroatoms. The first kappa shape index (κ1) is 20.7. The second-order valence-electron chi connectivity index (χ2n) is 5.85. The number of carbonyl (C=O) groups excluding carboxylic acids is 2. The van der Waals surface area contributed by atoms with E-state index in [1.165, 1.54) is 41.9 Å². The Bertz CT molecular complexity index is 1090. The summed E-state index contributed by atoms with van der Waals surface area (Å²) in [5.74, 6) is -0.794. The number of carbonyl (C=O) groups is 2. The number of hydrogen-bond donors (Lipinski definition) is 2. The van der Waals surface area contributed by atoms with Gasteiger partial charge >= 0.3 is 5.97 Å². The van der Waals surface area contributed by atoms with Crippen molar-refractivity contribution in [3.63, 3.8) is 0 Å². The number of nitrogens with one attached hydrogen (secondary N) is 2. The summed E-state index contributed by atoms with van der Waals surface area (Å²) >= 11 is 1.26. The molecule has 0 aliphatic heterocycles. The van der Waals surface area contributed by atoms with Crippen molar-refractivity contribution in [2.75, 3.05) is 11.9 Å². The van der Waals surface area contributed by atoms with Crippen LogP contribution in [-0.2, 0) is 26.1 Å². The van der Waals surface area contributed by atoms with Crippen molar-refractivity contribution in [2.45, 2.75) is 18.4 Å². The molecular weight excluding hydrogens is 418 g/mol. The number of amides is 1. The third kappa shape index (κ3) is 5.73.